The molecule has 0 amide bonds. The molecule has 2 heteroatoms. The Labute approximate surface area is 49.1 Å². The van der Waals surface area contributed by atoms with E-state index in [1.165, 1.54) is 0 Å². The van der Waals surface area contributed by atoms with Crippen LogP contribution < -0.4 is 0 Å². The van der Waals surface area contributed by atoms with Crippen LogP contribution in [0.1, 0.15) is 6.42 Å². The molecule has 0 bridgehead atoms. The van der Waals surface area contributed by atoms with Crippen molar-refractivity contribution in [3.8, 4) is 0 Å². The van der Waals surface area contributed by atoms with Crippen molar-refractivity contribution in [1.82, 2.24) is 0 Å². The second-order valence-corrected chi connectivity index (χ2v) is 2.41. The smallest absolute Gasteiger partial charge is 0.0438 e. The van der Waals surface area contributed by atoms with Gasteiger partial charge < -0.3 is 5.11 Å². The predicted octanol–water partition coefficient (Wildman–Crippen LogP) is 0.936. The average molecular weight is 119 g/mol. The van der Waals surface area contributed by atoms with Crippen molar-refractivity contribution in [2.45, 2.75) is 6.42 Å². The van der Waals surface area contributed by atoms with Gasteiger partial charge in [-0.05, 0) is 24.9 Å². The molecule has 0 aromatic rings. The van der Waals surface area contributed by atoms with Gasteiger partial charge >= 0.3 is 0 Å². The van der Waals surface area contributed by atoms with Gasteiger partial charge in [0.05, 0.1) is 0 Å². The zero-order valence-corrected chi connectivity index (χ0v) is 5.21. The molecule has 0 atom stereocenters. The summed E-state index contributed by atoms with van der Waals surface area (Å²) in [6.07, 6.45) is 0.903. The van der Waals surface area contributed by atoms with E-state index < -0.39 is 0 Å². The summed E-state index contributed by atoms with van der Waals surface area (Å²) in [5.74, 6) is 1.96. The second kappa shape index (κ2) is 6.31. The first kappa shape index (κ1) is 7.31. The SMILES string of the molecule is [CH2]CSCCCO. The minimum absolute atomic E-state index is 0.312. The van der Waals surface area contributed by atoms with Gasteiger partial charge in [-0.25, -0.2) is 0 Å². The number of aliphatic hydroxyl groups is 1. The molecule has 0 fully saturated rings. The second-order valence-electron chi connectivity index (χ2n) is 1.19. The Bertz CT molecular complexity index is 27.3. The fourth-order valence-electron chi connectivity index (χ4n) is 0.269. The van der Waals surface area contributed by atoms with E-state index in [9.17, 15) is 0 Å². The number of hydrogen-bond donors (Lipinski definition) is 1. The Balaban J connectivity index is 2.45. The fraction of sp³-hybridized carbons (Fsp3) is 0.800. The van der Waals surface area contributed by atoms with Crippen molar-refractivity contribution in [1.29, 1.82) is 0 Å². The maximum atomic E-state index is 8.26. The van der Waals surface area contributed by atoms with Gasteiger partial charge in [0.25, 0.3) is 0 Å². The average Bonchev–Trinajstić information content (AvgIpc) is 1.69. The van der Waals surface area contributed by atoms with Crippen LogP contribution in [0.4, 0.5) is 0 Å². The first-order chi connectivity index (χ1) is 3.41. The molecule has 0 saturated heterocycles. The summed E-state index contributed by atoms with van der Waals surface area (Å²) >= 11 is 1.76. The van der Waals surface area contributed by atoms with Crippen LogP contribution in [-0.2, 0) is 0 Å². The van der Waals surface area contributed by atoms with Gasteiger partial charge in [-0.3, -0.25) is 0 Å². The monoisotopic (exact) mass is 119 g/mol. The summed E-state index contributed by atoms with van der Waals surface area (Å²) in [5.41, 5.74) is 0. The van der Waals surface area contributed by atoms with E-state index in [1.807, 2.05) is 0 Å². The Morgan fingerprint density at radius 3 is 2.71 bits per heavy atom. The number of thioether (sulfide) groups is 1. The third-order valence-electron chi connectivity index (χ3n) is 0.591. The first-order valence-corrected chi connectivity index (χ1v) is 3.55. The van der Waals surface area contributed by atoms with E-state index in [1.54, 1.807) is 11.8 Å². The molecule has 0 spiro atoms. The van der Waals surface area contributed by atoms with Gasteiger partial charge in [0.1, 0.15) is 0 Å². The summed E-state index contributed by atoms with van der Waals surface area (Å²) in [5, 5.41) is 8.26. The van der Waals surface area contributed by atoms with Crippen molar-refractivity contribution >= 4 is 11.8 Å². The summed E-state index contributed by atoms with van der Waals surface area (Å²) in [4.78, 5) is 0. The van der Waals surface area contributed by atoms with Crippen LogP contribution in [0.15, 0.2) is 0 Å². The molecular formula is C5H11OS. The third kappa shape index (κ3) is 6.31. The number of rotatable bonds is 4. The lowest BCUT2D eigenvalue weighted by Crippen LogP contribution is -1.84. The maximum absolute atomic E-state index is 8.26. The summed E-state index contributed by atoms with van der Waals surface area (Å²) in [7, 11) is 0. The van der Waals surface area contributed by atoms with E-state index in [0.717, 1.165) is 17.9 Å². The molecular weight excluding hydrogens is 108 g/mol. The molecule has 0 heterocycles. The van der Waals surface area contributed by atoms with Gasteiger partial charge in [0.2, 0.25) is 0 Å². The highest BCUT2D eigenvalue weighted by molar-refractivity contribution is 7.99. The van der Waals surface area contributed by atoms with Crippen LogP contribution >= 0.6 is 11.8 Å². The number of hydrogen-bond acceptors (Lipinski definition) is 2. The van der Waals surface area contributed by atoms with Crippen LogP contribution in [-0.4, -0.2) is 23.2 Å². The van der Waals surface area contributed by atoms with Crippen molar-refractivity contribution < 1.29 is 5.11 Å². The Morgan fingerprint density at radius 2 is 2.29 bits per heavy atom. The fourth-order valence-corrected chi connectivity index (χ4v) is 0.806. The Hall–Kier alpha value is 0.310. The minimum atomic E-state index is 0.312. The van der Waals surface area contributed by atoms with Crippen LogP contribution in [0.25, 0.3) is 0 Å². The minimum Gasteiger partial charge on any atom is -0.396 e. The quantitative estimate of drug-likeness (QED) is 0.556. The molecule has 0 rings (SSSR count). The van der Waals surface area contributed by atoms with Crippen LogP contribution in [0.5, 0.6) is 0 Å². The summed E-state index contributed by atoms with van der Waals surface area (Å²) in [6.45, 7) is 3.95. The maximum Gasteiger partial charge on any atom is 0.0438 e. The molecule has 0 saturated carbocycles. The normalized spacial score (nSPS) is 9.43. The lowest BCUT2D eigenvalue weighted by molar-refractivity contribution is 0.296. The Morgan fingerprint density at radius 1 is 1.57 bits per heavy atom. The van der Waals surface area contributed by atoms with Crippen LogP contribution in [0, 0.1) is 6.92 Å². The van der Waals surface area contributed by atoms with Gasteiger partial charge in [0.15, 0.2) is 0 Å². The van der Waals surface area contributed by atoms with Crippen molar-refractivity contribution in [3.05, 3.63) is 6.92 Å². The van der Waals surface area contributed by atoms with Crippen molar-refractivity contribution in [2.24, 2.45) is 0 Å². The molecule has 1 N–H and O–H groups in total. The van der Waals surface area contributed by atoms with E-state index >= 15 is 0 Å². The zero-order chi connectivity index (χ0) is 5.54. The van der Waals surface area contributed by atoms with Gasteiger partial charge in [-0.15, -0.1) is 0 Å². The molecule has 7 heavy (non-hydrogen) atoms. The predicted molar refractivity (Wildman–Crippen MR) is 34.4 cm³/mol. The largest absolute Gasteiger partial charge is 0.396 e. The highest BCUT2D eigenvalue weighted by Crippen LogP contribution is 1.98. The van der Waals surface area contributed by atoms with E-state index in [2.05, 4.69) is 6.92 Å². The molecule has 1 radical (unpaired) electrons. The molecule has 0 aliphatic carbocycles. The molecule has 0 aromatic carbocycles. The highest BCUT2D eigenvalue weighted by atomic mass is 32.2. The molecule has 0 aliphatic heterocycles. The van der Waals surface area contributed by atoms with Gasteiger partial charge in [-0.2, -0.15) is 11.8 Å². The summed E-state index contributed by atoms with van der Waals surface area (Å²) in [6, 6.07) is 0. The molecule has 1 nitrogen and oxygen atoms in total. The van der Waals surface area contributed by atoms with Crippen molar-refractivity contribution in [3.63, 3.8) is 0 Å². The van der Waals surface area contributed by atoms with Crippen LogP contribution in [0.2, 0.25) is 0 Å². The Kier molecular flexibility index (Phi) is 6.59. The van der Waals surface area contributed by atoms with Gasteiger partial charge in [-0.1, -0.05) is 0 Å². The lowest BCUT2D eigenvalue weighted by Gasteiger charge is -1.90. The molecule has 0 aliphatic rings. The zero-order valence-electron chi connectivity index (χ0n) is 4.39. The van der Waals surface area contributed by atoms with E-state index in [4.69, 9.17) is 5.11 Å². The lowest BCUT2D eigenvalue weighted by atomic mass is 10.5. The highest BCUT2D eigenvalue weighted by Gasteiger charge is 1.80. The third-order valence-corrected chi connectivity index (χ3v) is 1.46. The first-order valence-electron chi connectivity index (χ1n) is 2.39. The van der Waals surface area contributed by atoms with Crippen LogP contribution in [0.3, 0.4) is 0 Å². The summed E-state index contributed by atoms with van der Waals surface area (Å²) < 4.78 is 0. The standard InChI is InChI=1S/C5H11OS/c1-2-7-5-3-4-6/h6H,1-5H2. The van der Waals surface area contributed by atoms with Crippen molar-refractivity contribution in [2.75, 3.05) is 18.1 Å². The van der Waals surface area contributed by atoms with E-state index in [0.29, 0.717) is 6.61 Å². The topological polar surface area (TPSA) is 20.2 Å². The molecule has 43 valence electrons. The molecule has 0 unspecified atom stereocenters. The molecule has 0 aromatic heterocycles. The van der Waals surface area contributed by atoms with E-state index in [-0.39, 0.29) is 0 Å². The van der Waals surface area contributed by atoms with Gasteiger partial charge in [0, 0.05) is 6.61 Å². The number of aliphatic hydroxyl groups excluding tert-OH is 1.